The van der Waals surface area contributed by atoms with Gasteiger partial charge in [-0.25, -0.2) is 0 Å². The molecule has 1 aromatic heterocycles. The second-order valence-electron chi connectivity index (χ2n) is 3.26. The summed E-state index contributed by atoms with van der Waals surface area (Å²) in [5, 5.41) is 0. The molecule has 0 amide bonds. The number of benzene rings is 1. The number of hydrogen-bond donors (Lipinski definition) is 0. The van der Waals surface area contributed by atoms with E-state index in [2.05, 4.69) is 36.2 Å². The van der Waals surface area contributed by atoms with Gasteiger partial charge in [-0.3, -0.25) is 4.98 Å². The van der Waals surface area contributed by atoms with Crippen LogP contribution >= 0.6 is 0 Å². The van der Waals surface area contributed by atoms with Crippen LogP contribution in [0.2, 0.25) is 0 Å². The SMILES string of the molecule is [CH2]/C=C/c1ccc(-c2ccncc2)cc1. The van der Waals surface area contributed by atoms with Crippen molar-refractivity contribution in [2.24, 2.45) is 0 Å². The number of allylic oxidation sites excluding steroid dienone is 1. The van der Waals surface area contributed by atoms with Crippen molar-refractivity contribution >= 4 is 6.08 Å². The molecule has 0 saturated heterocycles. The molecule has 1 radical (unpaired) electrons. The molecule has 1 nitrogen and oxygen atoms in total. The van der Waals surface area contributed by atoms with Gasteiger partial charge in [-0.1, -0.05) is 36.4 Å². The van der Waals surface area contributed by atoms with Gasteiger partial charge in [0.05, 0.1) is 0 Å². The van der Waals surface area contributed by atoms with Crippen LogP contribution in [0.1, 0.15) is 5.56 Å². The maximum absolute atomic E-state index is 4.00. The lowest BCUT2D eigenvalue weighted by molar-refractivity contribution is 1.33. The van der Waals surface area contributed by atoms with E-state index in [1.54, 1.807) is 18.5 Å². The van der Waals surface area contributed by atoms with E-state index in [4.69, 9.17) is 0 Å². The standard InChI is InChI=1S/C14H12N/c1-2-3-12-4-6-13(7-5-12)14-8-10-15-11-9-14/h2-11H,1H2/b3-2+. The van der Waals surface area contributed by atoms with Gasteiger partial charge in [-0.2, -0.15) is 0 Å². The fraction of sp³-hybridized carbons (Fsp3) is 0. The van der Waals surface area contributed by atoms with Crippen molar-refractivity contribution in [3.05, 3.63) is 67.4 Å². The first-order valence-electron chi connectivity index (χ1n) is 4.86. The van der Waals surface area contributed by atoms with E-state index >= 15 is 0 Å². The molecule has 0 aliphatic rings. The van der Waals surface area contributed by atoms with E-state index < -0.39 is 0 Å². The van der Waals surface area contributed by atoms with Gasteiger partial charge in [0.2, 0.25) is 0 Å². The highest BCUT2D eigenvalue weighted by molar-refractivity contribution is 5.65. The van der Waals surface area contributed by atoms with Crippen LogP contribution in [0.15, 0.2) is 54.9 Å². The van der Waals surface area contributed by atoms with Crippen LogP contribution < -0.4 is 0 Å². The molecule has 1 heteroatoms. The Hall–Kier alpha value is -1.89. The quantitative estimate of drug-likeness (QED) is 0.711. The van der Waals surface area contributed by atoms with Gasteiger partial charge in [0, 0.05) is 12.4 Å². The molecule has 0 aliphatic heterocycles. The van der Waals surface area contributed by atoms with E-state index in [1.165, 1.54) is 16.7 Å². The molecule has 0 saturated carbocycles. The summed E-state index contributed by atoms with van der Waals surface area (Å²) in [6, 6.07) is 12.4. The maximum atomic E-state index is 4.00. The molecule has 0 spiro atoms. The van der Waals surface area contributed by atoms with Crippen LogP contribution in [0, 0.1) is 6.92 Å². The number of pyridine rings is 1. The molecular weight excluding hydrogens is 182 g/mol. The zero-order valence-corrected chi connectivity index (χ0v) is 8.43. The topological polar surface area (TPSA) is 12.9 Å². The van der Waals surface area contributed by atoms with E-state index in [0.717, 1.165) is 0 Å². The van der Waals surface area contributed by atoms with Crippen molar-refractivity contribution in [1.29, 1.82) is 0 Å². The first kappa shape index (κ1) is 9.66. The summed E-state index contributed by atoms with van der Waals surface area (Å²) < 4.78 is 0. The van der Waals surface area contributed by atoms with E-state index in [1.807, 2.05) is 18.2 Å². The molecule has 0 atom stereocenters. The predicted octanol–water partition coefficient (Wildman–Crippen LogP) is 3.60. The highest BCUT2D eigenvalue weighted by Gasteiger charge is 1.95. The van der Waals surface area contributed by atoms with E-state index in [0.29, 0.717) is 0 Å². The van der Waals surface area contributed by atoms with Crippen LogP contribution in [-0.4, -0.2) is 4.98 Å². The molecule has 2 rings (SSSR count). The van der Waals surface area contributed by atoms with Gasteiger partial charge in [-0.15, -0.1) is 0 Å². The highest BCUT2D eigenvalue weighted by Crippen LogP contribution is 2.18. The predicted molar refractivity (Wildman–Crippen MR) is 64.1 cm³/mol. The van der Waals surface area contributed by atoms with Gasteiger partial charge in [0.25, 0.3) is 0 Å². The third-order valence-corrected chi connectivity index (χ3v) is 2.23. The largest absolute Gasteiger partial charge is 0.265 e. The number of nitrogens with zero attached hydrogens (tertiary/aromatic N) is 1. The summed E-state index contributed by atoms with van der Waals surface area (Å²) in [5.41, 5.74) is 3.57. The van der Waals surface area contributed by atoms with Gasteiger partial charge in [-0.05, 0) is 35.7 Å². The monoisotopic (exact) mass is 194 g/mol. The molecule has 1 aromatic carbocycles. The fourth-order valence-electron chi connectivity index (χ4n) is 1.47. The molecule has 0 bridgehead atoms. The fourth-order valence-corrected chi connectivity index (χ4v) is 1.47. The molecule has 0 N–H and O–H groups in total. The summed E-state index contributed by atoms with van der Waals surface area (Å²) in [6.45, 7) is 3.67. The Balaban J connectivity index is 2.32. The van der Waals surface area contributed by atoms with Crippen LogP contribution in [0.25, 0.3) is 17.2 Å². The number of aromatic nitrogens is 1. The minimum absolute atomic E-state index is 1.17. The lowest BCUT2D eigenvalue weighted by Crippen LogP contribution is -1.78. The lowest BCUT2D eigenvalue weighted by atomic mass is 10.1. The average molecular weight is 194 g/mol. The highest BCUT2D eigenvalue weighted by atomic mass is 14.6. The number of rotatable bonds is 2. The summed E-state index contributed by atoms with van der Waals surface area (Å²) in [4.78, 5) is 4.00. The third kappa shape index (κ3) is 2.32. The molecule has 1 heterocycles. The molecule has 0 fully saturated rings. The Morgan fingerprint density at radius 1 is 0.867 bits per heavy atom. The van der Waals surface area contributed by atoms with E-state index in [9.17, 15) is 0 Å². The molecule has 0 unspecified atom stereocenters. The van der Waals surface area contributed by atoms with Crippen molar-refractivity contribution < 1.29 is 0 Å². The summed E-state index contributed by atoms with van der Waals surface area (Å²) >= 11 is 0. The Kier molecular flexibility index (Phi) is 2.93. The van der Waals surface area contributed by atoms with Crippen molar-refractivity contribution in [3.8, 4) is 11.1 Å². The zero-order valence-electron chi connectivity index (χ0n) is 8.43. The molecular formula is C14H12N. The number of hydrogen-bond acceptors (Lipinski definition) is 1. The van der Waals surface area contributed by atoms with Gasteiger partial charge in [0.15, 0.2) is 0 Å². The maximum Gasteiger partial charge on any atom is 0.0273 e. The third-order valence-electron chi connectivity index (χ3n) is 2.23. The van der Waals surface area contributed by atoms with Crippen LogP contribution in [-0.2, 0) is 0 Å². The zero-order chi connectivity index (χ0) is 10.5. The first-order valence-corrected chi connectivity index (χ1v) is 4.86. The Labute approximate surface area is 90.1 Å². The smallest absolute Gasteiger partial charge is 0.0273 e. The van der Waals surface area contributed by atoms with Crippen LogP contribution in [0.4, 0.5) is 0 Å². The molecule has 73 valence electrons. The summed E-state index contributed by atoms with van der Waals surface area (Å²) in [6.07, 6.45) is 7.38. The van der Waals surface area contributed by atoms with Crippen molar-refractivity contribution in [3.63, 3.8) is 0 Å². The minimum Gasteiger partial charge on any atom is -0.265 e. The summed E-state index contributed by atoms with van der Waals surface area (Å²) in [7, 11) is 0. The normalized spacial score (nSPS) is 10.7. The van der Waals surface area contributed by atoms with Gasteiger partial charge in [0.1, 0.15) is 0 Å². The van der Waals surface area contributed by atoms with Crippen LogP contribution in [0.5, 0.6) is 0 Å². The van der Waals surface area contributed by atoms with Gasteiger partial charge >= 0.3 is 0 Å². The van der Waals surface area contributed by atoms with Crippen molar-refractivity contribution in [2.75, 3.05) is 0 Å². The minimum atomic E-state index is 1.17. The molecule has 0 aliphatic carbocycles. The molecule has 15 heavy (non-hydrogen) atoms. The van der Waals surface area contributed by atoms with Crippen LogP contribution in [0.3, 0.4) is 0 Å². The Morgan fingerprint density at radius 3 is 2.07 bits per heavy atom. The van der Waals surface area contributed by atoms with E-state index in [-0.39, 0.29) is 0 Å². The average Bonchev–Trinajstić information content (AvgIpc) is 2.32. The second kappa shape index (κ2) is 4.56. The molecule has 2 aromatic rings. The second-order valence-corrected chi connectivity index (χ2v) is 3.26. The summed E-state index contributed by atoms with van der Waals surface area (Å²) in [5.74, 6) is 0. The van der Waals surface area contributed by atoms with Crippen molar-refractivity contribution in [2.45, 2.75) is 0 Å². The Bertz CT molecular complexity index is 441. The lowest BCUT2D eigenvalue weighted by Gasteiger charge is -2.01. The first-order chi connectivity index (χ1) is 7.40. The Morgan fingerprint density at radius 2 is 1.47 bits per heavy atom. The van der Waals surface area contributed by atoms with Crippen molar-refractivity contribution in [1.82, 2.24) is 4.98 Å². The van der Waals surface area contributed by atoms with Gasteiger partial charge < -0.3 is 0 Å².